The first-order valence-corrected chi connectivity index (χ1v) is 5.89. The minimum absolute atomic E-state index is 0.0265. The number of carboxylic acid groups (broad SMARTS) is 1. The summed E-state index contributed by atoms with van der Waals surface area (Å²) in [7, 11) is 0. The molecule has 0 heterocycles. The van der Waals surface area contributed by atoms with Gasteiger partial charge in [0, 0.05) is 0 Å². The van der Waals surface area contributed by atoms with Crippen LogP contribution in [0.25, 0.3) is 0 Å². The summed E-state index contributed by atoms with van der Waals surface area (Å²) in [5.74, 6) is -0.654. The monoisotopic (exact) mass is 230 g/mol. The van der Waals surface area contributed by atoms with Gasteiger partial charge in [0.25, 0.3) is 0 Å². The SMILES string of the molecule is CC(C)CCCCCOC(=O)CCC(=O)O. The quantitative estimate of drug-likeness (QED) is 0.488. The Labute approximate surface area is 97.0 Å². The van der Waals surface area contributed by atoms with Gasteiger partial charge in [0.15, 0.2) is 0 Å². The second kappa shape index (κ2) is 9.19. The first-order valence-electron chi connectivity index (χ1n) is 5.89. The Balaban J connectivity index is 3.24. The van der Waals surface area contributed by atoms with E-state index in [-0.39, 0.29) is 12.8 Å². The number of unbranched alkanes of at least 4 members (excludes halogenated alkanes) is 2. The molecular weight excluding hydrogens is 208 g/mol. The van der Waals surface area contributed by atoms with Crippen LogP contribution in [0.4, 0.5) is 0 Å². The summed E-state index contributed by atoms with van der Waals surface area (Å²) in [6, 6.07) is 0. The molecule has 0 aromatic heterocycles. The van der Waals surface area contributed by atoms with Crippen molar-refractivity contribution in [3.63, 3.8) is 0 Å². The van der Waals surface area contributed by atoms with E-state index in [1.165, 1.54) is 6.42 Å². The minimum Gasteiger partial charge on any atom is -0.481 e. The lowest BCUT2D eigenvalue weighted by molar-refractivity contribution is -0.147. The number of hydrogen-bond donors (Lipinski definition) is 1. The zero-order valence-electron chi connectivity index (χ0n) is 10.2. The Morgan fingerprint density at radius 2 is 1.81 bits per heavy atom. The predicted molar refractivity (Wildman–Crippen MR) is 61.1 cm³/mol. The van der Waals surface area contributed by atoms with Gasteiger partial charge in [-0.1, -0.05) is 33.1 Å². The minimum atomic E-state index is -0.964. The standard InChI is InChI=1S/C12H22O4/c1-10(2)6-4-3-5-9-16-12(15)8-7-11(13)14/h10H,3-9H2,1-2H3,(H,13,14). The van der Waals surface area contributed by atoms with Crippen LogP contribution in [0.1, 0.15) is 52.4 Å². The van der Waals surface area contributed by atoms with Gasteiger partial charge in [0.2, 0.25) is 0 Å². The summed E-state index contributed by atoms with van der Waals surface area (Å²) in [6.07, 6.45) is 4.11. The predicted octanol–water partition coefficient (Wildman–Crippen LogP) is 2.61. The zero-order valence-corrected chi connectivity index (χ0v) is 10.2. The lowest BCUT2D eigenvalue weighted by Gasteiger charge is -2.05. The highest BCUT2D eigenvalue weighted by molar-refractivity contribution is 5.76. The first-order chi connectivity index (χ1) is 7.52. The zero-order chi connectivity index (χ0) is 12.4. The Morgan fingerprint density at radius 1 is 1.12 bits per heavy atom. The molecule has 0 unspecified atom stereocenters. The van der Waals surface area contributed by atoms with Crippen molar-refractivity contribution in [1.82, 2.24) is 0 Å². The van der Waals surface area contributed by atoms with Gasteiger partial charge in [-0.2, -0.15) is 0 Å². The van der Waals surface area contributed by atoms with Gasteiger partial charge in [0.1, 0.15) is 0 Å². The molecule has 16 heavy (non-hydrogen) atoms. The van der Waals surface area contributed by atoms with Gasteiger partial charge >= 0.3 is 11.9 Å². The van der Waals surface area contributed by atoms with Crippen LogP contribution in [0, 0.1) is 5.92 Å². The average molecular weight is 230 g/mol. The molecule has 0 saturated heterocycles. The molecule has 0 spiro atoms. The molecule has 94 valence electrons. The molecule has 0 aromatic rings. The van der Waals surface area contributed by atoms with Crippen molar-refractivity contribution in [2.75, 3.05) is 6.61 Å². The van der Waals surface area contributed by atoms with Gasteiger partial charge in [-0.05, 0) is 12.3 Å². The fraction of sp³-hybridized carbons (Fsp3) is 0.833. The van der Waals surface area contributed by atoms with Crippen LogP contribution in [-0.2, 0) is 14.3 Å². The van der Waals surface area contributed by atoms with Gasteiger partial charge in [-0.25, -0.2) is 0 Å². The largest absolute Gasteiger partial charge is 0.481 e. The van der Waals surface area contributed by atoms with Crippen LogP contribution >= 0.6 is 0 Å². The molecule has 0 bridgehead atoms. The number of carboxylic acids is 1. The van der Waals surface area contributed by atoms with E-state index in [0.29, 0.717) is 6.61 Å². The highest BCUT2D eigenvalue weighted by Crippen LogP contribution is 2.08. The van der Waals surface area contributed by atoms with Crippen molar-refractivity contribution in [1.29, 1.82) is 0 Å². The number of carbonyl (C=O) groups excluding carboxylic acids is 1. The maximum Gasteiger partial charge on any atom is 0.306 e. The average Bonchev–Trinajstić information content (AvgIpc) is 2.19. The molecule has 0 aliphatic rings. The topological polar surface area (TPSA) is 63.6 Å². The van der Waals surface area contributed by atoms with E-state index < -0.39 is 11.9 Å². The molecule has 4 nitrogen and oxygen atoms in total. The third kappa shape index (κ3) is 11.0. The number of carbonyl (C=O) groups is 2. The second-order valence-corrected chi connectivity index (χ2v) is 4.36. The van der Waals surface area contributed by atoms with Crippen molar-refractivity contribution >= 4 is 11.9 Å². The van der Waals surface area contributed by atoms with Gasteiger partial charge < -0.3 is 9.84 Å². The molecule has 0 fully saturated rings. The smallest absolute Gasteiger partial charge is 0.306 e. The summed E-state index contributed by atoms with van der Waals surface area (Å²) in [5.41, 5.74) is 0. The Kier molecular flexibility index (Phi) is 8.58. The fourth-order valence-corrected chi connectivity index (χ4v) is 1.30. The molecule has 0 saturated carbocycles. The first kappa shape index (κ1) is 14.9. The van der Waals surface area contributed by atoms with Gasteiger partial charge in [-0.15, -0.1) is 0 Å². The van der Waals surface area contributed by atoms with Crippen LogP contribution in [-0.4, -0.2) is 23.7 Å². The van der Waals surface area contributed by atoms with E-state index in [4.69, 9.17) is 9.84 Å². The lowest BCUT2D eigenvalue weighted by Crippen LogP contribution is -2.08. The highest BCUT2D eigenvalue weighted by Gasteiger charge is 2.05. The van der Waals surface area contributed by atoms with E-state index in [2.05, 4.69) is 13.8 Å². The maximum absolute atomic E-state index is 11.0. The van der Waals surface area contributed by atoms with Crippen molar-refractivity contribution in [3.05, 3.63) is 0 Å². The molecule has 0 aromatic carbocycles. The maximum atomic E-state index is 11.0. The van der Waals surface area contributed by atoms with Crippen LogP contribution in [0.5, 0.6) is 0 Å². The van der Waals surface area contributed by atoms with E-state index in [1.54, 1.807) is 0 Å². The normalized spacial score (nSPS) is 10.4. The van der Waals surface area contributed by atoms with Crippen LogP contribution in [0.2, 0.25) is 0 Å². The third-order valence-electron chi connectivity index (χ3n) is 2.23. The summed E-state index contributed by atoms with van der Waals surface area (Å²) in [6.45, 7) is 4.79. The van der Waals surface area contributed by atoms with E-state index >= 15 is 0 Å². The summed E-state index contributed by atoms with van der Waals surface area (Å²) >= 11 is 0. The third-order valence-corrected chi connectivity index (χ3v) is 2.23. The second-order valence-electron chi connectivity index (χ2n) is 4.36. The summed E-state index contributed by atoms with van der Waals surface area (Å²) in [4.78, 5) is 21.2. The van der Waals surface area contributed by atoms with Crippen molar-refractivity contribution < 1.29 is 19.4 Å². The molecule has 0 amide bonds. The van der Waals surface area contributed by atoms with Crippen molar-refractivity contribution in [3.8, 4) is 0 Å². The molecule has 0 rings (SSSR count). The Morgan fingerprint density at radius 3 is 2.38 bits per heavy atom. The Hall–Kier alpha value is -1.06. The molecule has 0 aliphatic carbocycles. The summed E-state index contributed by atoms with van der Waals surface area (Å²) < 4.78 is 4.90. The van der Waals surface area contributed by atoms with Crippen LogP contribution in [0.15, 0.2) is 0 Å². The van der Waals surface area contributed by atoms with E-state index in [0.717, 1.165) is 25.2 Å². The highest BCUT2D eigenvalue weighted by atomic mass is 16.5. The number of hydrogen-bond acceptors (Lipinski definition) is 3. The molecule has 1 N–H and O–H groups in total. The molecule has 0 radical (unpaired) electrons. The van der Waals surface area contributed by atoms with Crippen LogP contribution in [0.3, 0.4) is 0 Å². The van der Waals surface area contributed by atoms with Crippen molar-refractivity contribution in [2.45, 2.75) is 52.4 Å². The number of ether oxygens (including phenoxy) is 1. The number of esters is 1. The van der Waals surface area contributed by atoms with E-state index in [1.807, 2.05) is 0 Å². The van der Waals surface area contributed by atoms with Crippen LogP contribution < -0.4 is 0 Å². The molecule has 4 heteroatoms. The van der Waals surface area contributed by atoms with E-state index in [9.17, 15) is 9.59 Å². The lowest BCUT2D eigenvalue weighted by atomic mass is 10.1. The number of aliphatic carboxylic acids is 1. The number of rotatable bonds is 9. The van der Waals surface area contributed by atoms with Gasteiger partial charge in [0.05, 0.1) is 19.4 Å². The Bertz CT molecular complexity index is 211. The molecule has 0 atom stereocenters. The van der Waals surface area contributed by atoms with Crippen molar-refractivity contribution in [2.24, 2.45) is 5.92 Å². The molecule has 0 aliphatic heterocycles. The molecular formula is C12H22O4. The summed E-state index contributed by atoms with van der Waals surface area (Å²) in [5, 5.41) is 8.35. The fourth-order valence-electron chi connectivity index (χ4n) is 1.30. The van der Waals surface area contributed by atoms with Gasteiger partial charge in [-0.3, -0.25) is 9.59 Å².